The molecule has 8 nitrogen and oxygen atoms in total. The Labute approximate surface area is 160 Å². The third-order valence-electron chi connectivity index (χ3n) is 4.96. The van der Waals surface area contributed by atoms with Crippen LogP contribution in [0.1, 0.15) is 34.4 Å². The molecule has 1 aromatic carbocycles. The lowest BCUT2D eigenvalue weighted by molar-refractivity contribution is 0.102. The van der Waals surface area contributed by atoms with Gasteiger partial charge in [0.25, 0.3) is 5.91 Å². The van der Waals surface area contributed by atoms with E-state index >= 15 is 0 Å². The Morgan fingerprint density at radius 1 is 1.32 bits per heavy atom. The summed E-state index contributed by atoms with van der Waals surface area (Å²) < 4.78 is 7.11. The molecule has 2 N–H and O–H groups in total. The number of imidazole rings is 1. The monoisotopic (exact) mass is 374 g/mol. The van der Waals surface area contributed by atoms with Gasteiger partial charge in [0.1, 0.15) is 11.3 Å². The molecule has 3 aromatic heterocycles. The van der Waals surface area contributed by atoms with E-state index in [0.717, 1.165) is 29.7 Å². The first-order valence-electron chi connectivity index (χ1n) is 9.10. The summed E-state index contributed by atoms with van der Waals surface area (Å²) in [7, 11) is 0. The second-order valence-electron chi connectivity index (χ2n) is 6.81. The molecular formula is C20H18N6O2. The van der Waals surface area contributed by atoms with Crippen molar-refractivity contribution in [2.24, 2.45) is 0 Å². The molecule has 4 heterocycles. The fourth-order valence-corrected chi connectivity index (χ4v) is 3.18. The maximum Gasteiger partial charge on any atom is 0.274 e. The normalized spacial score (nSPS) is 16.1. The molecular weight excluding hydrogens is 356 g/mol. The number of hydrogen-bond acceptors (Lipinski definition) is 6. The van der Waals surface area contributed by atoms with E-state index in [1.807, 2.05) is 49.5 Å². The van der Waals surface area contributed by atoms with Crippen LogP contribution in [0.2, 0.25) is 0 Å². The van der Waals surface area contributed by atoms with Crippen molar-refractivity contribution in [2.45, 2.75) is 19.4 Å². The average Bonchev–Trinajstić information content (AvgIpc) is 3.29. The molecule has 0 bridgehead atoms. The molecule has 0 unspecified atom stereocenters. The summed E-state index contributed by atoms with van der Waals surface area (Å²) in [5, 5.41) is 10.3. The fraction of sp³-hybridized carbons (Fsp3) is 0.200. The molecule has 28 heavy (non-hydrogen) atoms. The topological polar surface area (TPSA) is 97.4 Å². The molecule has 0 radical (unpaired) electrons. The Morgan fingerprint density at radius 3 is 3.04 bits per heavy atom. The van der Waals surface area contributed by atoms with Crippen molar-refractivity contribution >= 4 is 17.2 Å². The maximum absolute atomic E-state index is 12.8. The summed E-state index contributed by atoms with van der Waals surface area (Å²) in [6, 6.07) is 11.4. The molecule has 8 heteroatoms. The van der Waals surface area contributed by atoms with Crippen molar-refractivity contribution in [3.05, 3.63) is 65.9 Å². The van der Waals surface area contributed by atoms with Crippen LogP contribution >= 0.6 is 0 Å². The van der Waals surface area contributed by atoms with Gasteiger partial charge in [-0.15, -0.1) is 0 Å². The number of aromatic nitrogens is 4. The number of carbonyl (C=O) groups excluding carboxylic acids is 1. The molecule has 1 fully saturated rings. The molecule has 0 aliphatic carbocycles. The zero-order chi connectivity index (χ0) is 19.1. The largest absolute Gasteiger partial charge is 0.337 e. The molecule has 0 saturated carbocycles. The first kappa shape index (κ1) is 16.6. The van der Waals surface area contributed by atoms with Gasteiger partial charge in [-0.05, 0) is 43.7 Å². The number of benzene rings is 1. The molecule has 1 aliphatic heterocycles. The van der Waals surface area contributed by atoms with Crippen molar-refractivity contribution < 1.29 is 9.32 Å². The molecule has 0 spiro atoms. The van der Waals surface area contributed by atoms with Gasteiger partial charge in [0.15, 0.2) is 0 Å². The number of pyridine rings is 1. The summed E-state index contributed by atoms with van der Waals surface area (Å²) in [5.74, 6) is 0.874. The maximum atomic E-state index is 12.8. The van der Waals surface area contributed by atoms with E-state index < -0.39 is 0 Å². The number of fused-ring (bicyclic) bond motifs is 1. The van der Waals surface area contributed by atoms with Crippen LogP contribution in [0.3, 0.4) is 0 Å². The highest BCUT2D eigenvalue weighted by atomic mass is 16.5. The zero-order valence-corrected chi connectivity index (χ0v) is 15.2. The summed E-state index contributed by atoms with van der Waals surface area (Å²) >= 11 is 0. The Hall–Kier alpha value is -3.52. The highest BCUT2D eigenvalue weighted by molar-refractivity contribution is 6.04. The molecule has 5 rings (SSSR count). The standard InChI is InChI=1S/C20H18N6O2/c1-12-5-6-13(18-24-20(28-25-18)14-7-8-21-14)10-15(12)23-19(27)16-11-22-17-4-2-3-9-26(16)17/h2-6,9-11,14,21H,7-8H2,1H3,(H,23,27)/t14-/m1/s1. The second-order valence-corrected chi connectivity index (χ2v) is 6.81. The van der Waals surface area contributed by atoms with Crippen LogP contribution in [-0.2, 0) is 0 Å². The Morgan fingerprint density at radius 2 is 2.21 bits per heavy atom. The third-order valence-corrected chi connectivity index (χ3v) is 4.96. The van der Waals surface area contributed by atoms with Crippen LogP contribution in [0.4, 0.5) is 5.69 Å². The van der Waals surface area contributed by atoms with Crippen LogP contribution < -0.4 is 10.6 Å². The Kier molecular flexibility index (Phi) is 3.91. The first-order valence-corrected chi connectivity index (χ1v) is 9.10. The average molecular weight is 374 g/mol. The lowest BCUT2D eigenvalue weighted by Crippen LogP contribution is -2.35. The molecule has 4 aromatic rings. The number of hydrogen-bond donors (Lipinski definition) is 2. The minimum Gasteiger partial charge on any atom is -0.337 e. The highest BCUT2D eigenvalue weighted by Gasteiger charge is 2.25. The number of rotatable bonds is 4. The number of aryl methyl sites for hydroxylation is 1. The molecule has 1 aliphatic rings. The third kappa shape index (κ3) is 2.84. The van der Waals surface area contributed by atoms with E-state index in [0.29, 0.717) is 23.1 Å². The predicted molar refractivity (Wildman–Crippen MR) is 103 cm³/mol. The van der Waals surface area contributed by atoms with Gasteiger partial charge in [0.05, 0.1) is 12.2 Å². The first-order chi connectivity index (χ1) is 13.7. The summed E-state index contributed by atoms with van der Waals surface area (Å²) in [6.07, 6.45) is 4.38. The smallest absolute Gasteiger partial charge is 0.274 e. The van der Waals surface area contributed by atoms with Gasteiger partial charge in [0.2, 0.25) is 11.7 Å². The van der Waals surface area contributed by atoms with Crippen LogP contribution in [-0.4, -0.2) is 32.0 Å². The fourth-order valence-electron chi connectivity index (χ4n) is 3.18. The van der Waals surface area contributed by atoms with Crippen molar-refractivity contribution in [3.8, 4) is 11.4 Å². The van der Waals surface area contributed by atoms with Gasteiger partial charge >= 0.3 is 0 Å². The van der Waals surface area contributed by atoms with Crippen molar-refractivity contribution in [1.82, 2.24) is 24.8 Å². The van der Waals surface area contributed by atoms with E-state index in [4.69, 9.17) is 4.52 Å². The Bertz CT molecular complexity index is 1170. The minimum absolute atomic E-state index is 0.140. The van der Waals surface area contributed by atoms with Crippen molar-refractivity contribution in [3.63, 3.8) is 0 Å². The van der Waals surface area contributed by atoms with Crippen molar-refractivity contribution in [1.29, 1.82) is 0 Å². The van der Waals surface area contributed by atoms with E-state index in [2.05, 4.69) is 25.8 Å². The van der Waals surface area contributed by atoms with Crippen LogP contribution in [0.25, 0.3) is 17.0 Å². The molecule has 140 valence electrons. The number of carbonyl (C=O) groups is 1. The molecule has 1 saturated heterocycles. The molecule has 1 atom stereocenters. The molecule has 1 amide bonds. The van der Waals surface area contributed by atoms with Gasteiger partial charge in [-0.3, -0.25) is 9.20 Å². The van der Waals surface area contributed by atoms with E-state index in [1.54, 1.807) is 10.6 Å². The zero-order valence-electron chi connectivity index (χ0n) is 15.2. The summed E-state index contributed by atoms with van der Waals surface area (Å²) in [4.78, 5) is 21.5. The summed E-state index contributed by atoms with van der Waals surface area (Å²) in [5.41, 5.74) is 3.62. The van der Waals surface area contributed by atoms with Crippen LogP contribution in [0, 0.1) is 6.92 Å². The van der Waals surface area contributed by atoms with E-state index in [-0.39, 0.29) is 11.9 Å². The van der Waals surface area contributed by atoms with Crippen LogP contribution in [0.15, 0.2) is 53.3 Å². The lowest BCUT2D eigenvalue weighted by Gasteiger charge is -2.23. The second kappa shape index (κ2) is 6.58. The number of anilines is 1. The quantitative estimate of drug-likeness (QED) is 0.570. The number of amides is 1. The van der Waals surface area contributed by atoms with E-state index in [1.165, 1.54) is 0 Å². The van der Waals surface area contributed by atoms with Gasteiger partial charge in [0, 0.05) is 17.4 Å². The van der Waals surface area contributed by atoms with Crippen LogP contribution in [0.5, 0.6) is 0 Å². The SMILES string of the molecule is Cc1ccc(-c2noc([C@H]3CCN3)n2)cc1NC(=O)c1cnc2ccccn12. The van der Waals surface area contributed by atoms with Gasteiger partial charge in [-0.1, -0.05) is 23.4 Å². The lowest BCUT2D eigenvalue weighted by atomic mass is 10.1. The number of nitrogens with zero attached hydrogens (tertiary/aromatic N) is 4. The van der Waals surface area contributed by atoms with Gasteiger partial charge in [-0.25, -0.2) is 4.98 Å². The Balaban J connectivity index is 1.43. The minimum atomic E-state index is -0.230. The van der Waals surface area contributed by atoms with Crippen molar-refractivity contribution in [2.75, 3.05) is 11.9 Å². The summed E-state index contributed by atoms with van der Waals surface area (Å²) in [6.45, 7) is 2.90. The predicted octanol–water partition coefficient (Wildman–Crippen LogP) is 2.98. The van der Waals surface area contributed by atoms with Gasteiger partial charge < -0.3 is 15.2 Å². The number of nitrogens with one attached hydrogen (secondary N) is 2. The van der Waals surface area contributed by atoms with Gasteiger partial charge in [-0.2, -0.15) is 4.98 Å². The highest BCUT2D eigenvalue weighted by Crippen LogP contribution is 2.27. The van der Waals surface area contributed by atoms with E-state index in [9.17, 15) is 4.79 Å².